The normalized spacial score (nSPS) is 19.3. The summed E-state index contributed by atoms with van der Waals surface area (Å²) in [6.45, 7) is 7.30. The summed E-state index contributed by atoms with van der Waals surface area (Å²) in [6.07, 6.45) is 6.25. The first kappa shape index (κ1) is 16.2. The number of hydrogen-bond donors (Lipinski definition) is 2. The molecular weight excluding hydrogens is 266 g/mol. The standard InChI is InChI=1S/C16H27N3O2/c1-3-19-15(11-13-12-18-8-5-14(13)17)16(21-4-2)6-9-20-10-7-16/h5,8,12,15,19H,3-4,6-7,9-11H2,1-2H3,(H2,17,18). The molecule has 0 saturated carbocycles. The summed E-state index contributed by atoms with van der Waals surface area (Å²) in [5.74, 6) is 0. The Kier molecular flexibility index (Phi) is 5.96. The van der Waals surface area contributed by atoms with Crippen LogP contribution in [-0.4, -0.2) is 43.0 Å². The van der Waals surface area contributed by atoms with Crippen LogP contribution in [-0.2, 0) is 15.9 Å². The number of nitrogens with zero attached hydrogens (tertiary/aromatic N) is 1. The molecule has 21 heavy (non-hydrogen) atoms. The van der Waals surface area contributed by atoms with Gasteiger partial charge in [0.1, 0.15) is 0 Å². The maximum absolute atomic E-state index is 6.19. The molecule has 1 aliphatic rings. The Balaban J connectivity index is 2.21. The highest BCUT2D eigenvalue weighted by atomic mass is 16.5. The van der Waals surface area contributed by atoms with Crippen LogP contribution in [0.3, 0.4) is 0 Å². The number of pyridine rings is 1. The van der Waals surface area contributed by atoms with Gasteiger partial charge in [-0.1, -0.05) is 6.92 Å². The maximum Gasteiger partial charge on any atom is 0.0881 e. The van der Waals surface area contributed by atoms with E-state index in [4.69, 9.17) is 15.2 Å². The molecule has 3 N–H and O–H groups in total. The van der Waals surface area contributed by atoms with Gasteiger partial charge in [-0.25, -0.2) is 0 Å². The summed E-state index contributed by atoms with van der Waals surface area (Å²) in [5.41, 5.74) is 7.78. The van der Waals surface area contributed by atoms with Gasteiger partial charge in [-0.3, -0.25) is 4.98 Å². The number of anilines is 1. The number of ether oxygens (including phenoxy) is 2. The molecule has 0 bridgehead atoms. The van der Waals surface area contributed by atoms with Crippen molar-refractivity contribution < 1.29 is 9.47 Å². The van der Waals surface area contributed by atoms with Crippen LogP contribution in [0, 0.1) is 0 Å². The zero-order valence-corrected chi connectivity index (χ0v) is 13.1. The third kappa shape index (κ3) is 3.93. The molecule has 2 heterocycles. The van der Waals surface area contributed by atoms with Crippen LogP contribution in [0.15, 0.2) is 18.5 Å². The van der Waals surface area contributed by atoms with Gasteiger partial charge in [0.2, 0.25) is 0 Å². The fraction of sp³-hybridized carbons (Fsp3) is 0.688. The highest BCUT2D eigenvalue weighted by Gasteiger charge is 2.41. The molecule has 0 aliphatic carbocycles. The van der Waals surface area contributed by atoms with Gasteiger partial charge in [-0.15, -0.1) is 0 Å². The average Bonchev–Trinajstić information content (AvgIpc) is 2.50. The Bertz CT molecular complexity index is 428. The maximum atomic E-state index is 6.19. The van der Waals surface area contributed by atoms with Crippen LogP contribution in [0.2, 0.25) is 0 Å². The lowest BCUT2D eigenvalue weighted by Crippen LogP contribution is -2.56. The second-order valence-corrected chi connectivity index (χ2v) is 5.50. The molecule has 1 atom stereocenters. The van der Waals surface area contributed by atoms with Crippen molar-refractivity contribution in [3.05, 3.63) is 24.0 Å². The molecule has 0 spiro atoms. The van der Waals surface area contributed by atoms with Crippen molar-refractivity contribution in [1.82, 2.24) is 10.3 Å². The molecule has 0 amide bonds. The Morgan fingerprint density at radius 3 is 2.81 bits per heavy atom. The first-order valence-electron chi connectivity index (χ1n) is 7.85. The minimum Gasteiger partial charge on any atom is -0.398 e. The topological polar surface area (TPSA) is 69.4 Å². The summed E-state index contributed by atoms with van der Waals surface area (Å²) in [4.78, 5) is 4.20. The second kappa shape index (κ2) is 7.73. The van der Waals surface area contributed by atoms with Gasteiger partial charge >= 0.3 is 0 Å². The first-order chi connectivity index (χ1) is 10.2. The molecule has 1 fully saturated rings. The lowest BCUT2D eigenvalue weighted by atomic mass is 9.82. The van der Waals surface area contributed by atoms with Gasteiger partial charge in [0, 0.05) is 56.8 Å². The highest BCUT2D eigenvalue weighted by Crippen LogP contribution is 2.31. The van der Waals surface area contributed by atoms with Crippen LogP contribution >= 0.6 is 0 Å². The van der Waals surface area contributed by atoms with Crippen LogP contribution in [0.1, 0.15) is 32.3 Å². The predicted molar refractivity (Wildman–Crippen MR) is 84.2 cm³/mol. The molecule has 0 aromatic carbocycles. The fourth-order valence-electron chi connectivity index (χ4n) is 3.12. The largest absolute Gasteiger partial charge is 0.398 e. The van der Waals surface area contributed by atoms with E-state index in [9.17, 15) is 0 Å². The molecule has 1 saturated heterocycles. The van der Waals surface area contributed by atoms with Gasteiger partial charge in [0.25, 0.3) is 0 Å². The number of rotatable bonds is 7. The summed E-state index contributed by atoms with van der Waals surface area (Å²) >= 11 is 0. The van der Waals surface area contributed by atoms with E-state index < -0.39 is 0 Å². The molecular formula is C16H27N3O2. The monoisotopic (exact) mass is 293 g/mol. The van der Waals surface area contributed by atoms with E-state index in [-0.39, 0.29) is 11.6 Å². The van der Waals surface area contributed by atoms with Gasteiger partial charge in [0.05, 0.1) is 5.60 Å². The molecule has 5 heteroatoms. The van der Waals surface area contributed by atoms with E-state index in [0.29, 0.717) is 6.61 Å². The predicted octanol–water partition coefficient (Wildman–Crippen LogP) is 1.77. The quantitative estimate of drug-likeness (QED) is 0.802. The second-order valence-electron chi connectivity index (χ2n) is 5.50. The van der Waals surface area contributed by atoms with E-state index in [1.807, 2.05) is 12.3 Å². The average molecular weight is 293 g/mol. The summed E-state index contributed by atoms with van der Waals surface area (Å²) in [7, 11) is 0. The minimum absolute atomic E-state index is 0.175. The summed E-state index contributed by atoms with van der Waals surface area (Å²) in [6, 6.07) is 2.08. The van der Waals surface area contributed by atoms with Crippen molar-refractivity contribution in [1.29, 1.82) is 0 Å². The molecule has 1 unspecified atom stereocenters. The third-order valence-corrected chi connectivity index (χ3v) is 4.22. The van der Waals surface area contributed by atoms with Crippen LogP contribution in [0.25, 0.3) is 0 Å². The van der Waals surface area contributed by atoms with Crippen molar-refractivity contribution in [3.63, 3.8) is 0 Å². The zero-order chi connectivity index (χ0) is 15.1. The number of nitrogens with one attached hydrogen (secondary N) is 1. The van der Waals surface area contributed by atoms with Crippen LogP contribution in [0.5, 0.6) is 0 Å². The highest BCUT2D eigenvalue weighted by molar-refractivity contribution is 5.44. The molecule has 5 nitrogen and oxygen atoms in total. The van der Waals surface area contributed by atoms with Crippen LogP contribution < -0.4 is 11.1 Å². The molecule has 118 valence electrons. The van der Waals surface area contributed by atoms with Crippen LogP contribution in [0.4, 0.5) is 5.69 Å². The van der Waals surface area contributed by atoms with Crippen molar-refractivity contribution in [2.24, 2.45) is 0 Å². The molecule has 0 radical (unpaired) electrons. The summed E-state index contributed by atoms with van der Waals surface area (Å²) in [5, 5.41) is 3.59. The number of aromatic nitrogens is 1. The van der Waals surface area contributed by atoms with Crippen molar-refractivity contribution in [3.8, 4) is 0 Å². The van der Waals surface area contributed by atoms with Gasteiger partial charge in [0.15, 0.2) is 0 Å². The van der Waals surface area contributed by atoms with E-state index in [1.54, 1.807) is 6.20 Å². The Morgan fingerprint density at radius 1 is 1.43 bits per heavy atom. The summed E-state index contributed by atoms with van der Waals surface area (Å²) < 4.78 is 11.7. The third-order valence-electron chi connectivity index (χ3n) is 4.22. The van der Waals surface area contributed by atoms with Crippen molar-refractivity contribution in [2.75, 3.05) is 32.1 Å². The molecule has 1 aromatic heterocycles. The lowest BCUT2D eigenvalue weighted by Gasteiger charge is -2.43. The molecule has 1 aromatic rings. The number of nitrogens with two attached hydrogens (primary N) is 1. The number of nitrogen functional groups attached to an aromatic ring is 1. The Labute approximate surface area is 127 Å². The molecule has 1 aliphatic heterocycles. The van der Waals surface area contributed by atoms with E-state index in [0.717, 1.165) is 50.3 Å². The smallest absolute Gasteiger partial charge is 0.0881 e. The first-order valence-corrected chi connectivity index (χ1v) is 7.85. The van der Waals surface area contributed by atoms with Crippen molar-refractivity contribution in [2.45, 2.75) is 44.8 Å². The van der Waals surface area contributed by atoms with E-state index >= 15 is 0 Å². The van der Waals surface area contributed by atoms with Gasteiger partial charge < -0.3 is 20.5 Å². The van der Waals surface area contributed by atoms with Gasteiger partial charge in [-0.05, 0) is 31.5 Å². The van der Waals surface area contributed by atoms with E-state index in [2.05, 4.69) is 24.1 Å². The number of likely N-dealkylation sites (N-methyl/N-ethyl adjacent to an activating group) is 1. The van der Waals surface area contributed by atoms with Gasteiger partial charge in [-0.2, -0.15) is 0 Å². The Morgan fingerprint density at radius 2 is 2.19 bits per heavy atom. The zero-order valence-electron chi connectivity index (χ0n) is 13.1. The van der Waals surface area contributed by atoms with Crippen molar-refractivity contribution >= 4 is 5.69 Å². The fourth-order valence-corrected chi connectivity index (χ4v) is 3.12. The Hall–Kier alpha value is -1.17. The SMILES string of the molecule is CCNC(Cc1cnccc1N)C1(OCC)CCOCC1. The van der Waals surface area contributed by atoms with E-state index in [1.165, 1.54) is 0 Å². The lowest BCUT2D eigenvalue weighted by molar-refractivity contribution is -0.126. The number of hydrogen-bond acceptors (Lipinski definition) is 5. The molecule has 2 rings (SSSR count). The minimum atomic E-state index is -0.175.